The van der Waals surface area contributed by atoms with Crippen molar-refractivity contribution >= 4 is 33.9 Å². The van der Waals surface area contributed by atoms with E-state index < -0.39 is 0 Å². The van der Waals surface area contributed by atoms with Gasteiger partial charge in [-0.15, -0.1) is 0 Å². The molecule has 0 bridgehead atoms. The van der Waals surface area contributed by atoms with Gasteiger partial charge in [-0.1, -0.05) is 29.3 Å². The first kappa shape index (κ1) is 21.8. The Morgan fingerprint density at radius 2 is 1.78 bits per heavy atom. The van der Waals surface area contributed by atoms with E-state index in [1.54, 1.807) is 6.26 Å². The molecular weight excluding hydrogens is 418 g/mol. The average molecular weight is 446 g/mol. The number of aryl methyl sites for hydroxylation is 4. The molecule has 0 aliphatic carbocycles. The summed E-state index contributed by atoms with van der Waals surface area (Å²) in [7, 11) is 0. The summed E-state index contributed by atoms with van der Waals surface area (Å²) in [6.07, 6.45) is 1.64. The summed E-state index contributed by atoms with van der Waals surface area (Å²) < 4.78 is 5.56. The molecule has 0 atom stereocenters. The van der Waals surface area contributed by atoms with Crippen molar-refractivity contribution in [2.75, 3.05) is 5.32 Å². The van der Waals surface area contributed by atoms with Crippen LogP contribution in [0, 0.1) is 27.7 Å². The molecule has 0 radical (unpaired) electrons. The molecule has 5 nitrogen and oxygen atoms in total. The SMILES string of the molecule is Cc1ccc(NC(=S)N(Cc2ccco2)Cc2cc3cc(C)cc(C)c3[nH]c2=O)c(C)c1. The van der Waals surface area contributed by atoms with Gasteiger partial charge in [0.25, 0.3) is 5.56 Å². The van der Waals surface area contributed by atoms with Crippen LogP contribution >= 0.6 is 12.2 Å². The van der Waals surface area contributed by atoms with Crippen LogP contribution in [0.15, 0.2) is 64.0 Å². The van der Waals surface area contributed by atoms with Gasteiger partial charge in [-0.3, -0.25) is 4.79 Å². The zero-order chi connectivity index (χ0) is 22.8. The number of fused-ring (bicyclic) bond motifs is 1. The Labute approximate surface area is 193 Å². The number of hydrogen-bond acceptors (Lipinski definition) is 3. The summed E-state index contributed by atoms with van der Waals surface area (Å²) >= 11 is 5.76. The summed E-state index contributed by atoms with van der Waals surface area (Å²) in [5.74, 6) is 0.777. The number of aromatic amines is 1. The third-order valence-corrected chi connectivity index (χ3v) is 5.93. The van der Waals surface area contributed by atoms with E-state index in [2.05, 4.69) is 42.3 Å². The maximum atomic E-state index is 12.9. The number of furan rings is 1. The van der Waals surface area contributed by atoms with E-state index >= 15 is 0 Å². The van der Waals surface area contributed by atoms with Gasteiger partial charge in [0.2, 0.25) is 0 Å². The average Bonchev–Trinajstić information content (AvgIpc) is 3.24. The number of nitrogens with one attached hydrogen (secondary N) is 2. The second kappa shape index (κ2) is 9.01. The lowest BCUT2D eigenvalue weighted by Gasteiger charge is -2.25. The van der Waals surface area contributed by atoms with Crippen molar-refractivity contribution in [1.82, 2.24) is 9.88 Å². The first-order chi connectivity index (χ1) is 15.3. The highest BCUT2D eigenvalue weighted by Gasteiger charge is 2.16. The minimum atomic E-state index is -0.108. The maximum absolute atomic E-state index is 12.9. The number of nitrogens with zero attached hydrogens (tertiary/aromatic N) is 1. The highest BCUT2D eigenvalue weighted by molar-refractivity contribution is 7.80. The molecule has 0 saturated heterocycles. The van der Waals surface area contributed by atoms with Crippen LogP contribution in [0.1, 0.15) is 33.6 Å². The number of rotatable bonds is 5. The molecule has 0 fully saturated rings. The normalized spacial score (nSPS) is 11.0. The van der Waals surface area contributed by atoms with Crippen LogP contribution in [0.2, 0.25) is 0 Å². The van der Waals surface area contributed by atoms with Gasteiger partial charge < -0.3 is 19.6 Å². The van der Waals surface area contributed by atoms with Gasteiger partial charge in [-0.2, -0.15) is 0 Å². The first-order valence-electron chi connectivity index (χ1n) is 10.6. The van der Waals surface area contributed by atoms with Crippen molar-refractivity contribution in [2.24, 2.45) is 0 Å². The maximum Gasteiger partial charge on any atom is 0.253 e. The molecule has 4 rings (SSSR count). The Morgan fingerprint density at radius 1 is 1.00 bits per heavy atom. The molecule has 2 heterocycles. The van der Waals surface area contributed by atoms with E-state index in [1.807, 2.05) is 49.1 Å². The van der Waals surface area contributed by atoms with E-state index in [-0.39, 0.29) is 5.56 Å². The third-order valence-electron chi connectivity index (χ3n) is 5.57. The summed E-state index contributed by atoms with van der Waals surface area (Å²) in [5, 5.41) is 4.90. The number of aromatic nitrogens is 1. The van der Waals surface area contributed by atoms with Crippen molar-refractivity contribution in [3.63, 3.8) is 0 Å². The van der Waals surface area contributed by atoms with Crippen molar-refractivity contribution in [1.29, 1.82) is 0 Å². The van der Waals surface area contributed by atoms with Gasteiger partial charge in [0, 0.05) is 11.3 Å². The van der Waals surface area contributed by atoms with E-state index in [9.17, 15) is 4.79 Å². The highest BCUT2D eigenvalue weighted by Crippen LogP contribution is 2.21. The van der Waals surface area contributed by atoms with Gasteiger partial charge in [0.1, 0.15) is 5.76 Å². The molecule has 32 heavy (non-hydrogen) atoms. The quantitative estimate of drug-likeness (QED) is 0.383. The standard InChI is InChI=1S/C26H27N3O2S/c1-16-7-8-23(18(3)10-16)27-26(32)29(15-22-6-5-9-31-22)14-21-13-20-12-17(2)11-19(4)24(20)28-25(21)30/h5-13H,14-15H2,1-4H3,(H,27,32)(H,28,30). The van der Waals surface area contributed by atoms with Crippen LogP contribution in [0.4, 0.5) is 5.69 Å². The highest BCUT2D eigenvalue weighted by atomic mass is 32.1. The Kier molecular flexibility index (Phi) is 6.15. The Hall–Kier alpha value is -3.38. The number of benzene rings is 2. The fourth-order valence-corrected chi connectivity index (χ4v) is 4.23. The molecule has 4 aromatic rings. The lowest BCUT2D eigenvalue weighted by Crippen LogP contribution is -2.35. The van der Waals surface area contributed by atoms with Gasteiger partial charge >= 0.3 is 0 Å². The van der Waals surface area contributed by atoms with Crippen molar-refractivity contribution < 1.29 is 4.42 Å². The second-order valence-electron chi connectivity index (χ2n) is 8.35. The number of hydrogen-bond donors (Lipinski definition) is 2. The molecule has 0 amide bonds. The largest absolute Gasteiger partial charge is 0.467 e. The van der Waals surface area contributed by atoms with Crippen LogP contribution in [-0.2, 0) is 13.1 Å². The molecule has 2 aromatic carbocycles. The number of thiocarbonyl (C=S) groups is 1. The molecule has 2 N–H and O–H groups in total. The van der Waals surface area contributed by atoms with Crippen LogP contribution < -0.4 is 10.9 Å². The third kappa shape index (κ3) is 4.75. The summed E-state index contributed by atoms with van der Waals surface area (Å²) in [5.41, 5.74) is 6.89. The zero-order valence-corrected chi connectivity index (χ0v) is 19.6. The molecule has 0 unspecified atom stereocenters. The predicted molar refractivity (Wildman–Crippen MR) is 134 cm³/mol. The lowest BCUT2D eigenvalue weighted by atomic mass is 10.1. The predicted octanol–water partition coefficient (Wildman–Crippen LogP) is 5.75. The minimum absolute atomic E-state index is 0.108. The molecule has 0 aliphatic rings. The minimum Gasteiger partial charge on any atom is -0.467 e. The van der Waals surface area contributed by atoms with Crippen molar-refractivity contribution in [3.05, 3.63) is 98.7 Å². The van der Waals surface area contributed by atoms with Crippen LogP contribution in [0.5, 0.6) is 0 Å². The Balaban J connectivity index is 1.67. The van der Waals surface area contributed by atoms with Gasteiger partial charge in [-0.05, 0) is 86.8 Å². The summed E-state index contributed by atoms with van der Waals surface area (Å²) in [4.78, 5) is 17.9. The molecule has 6 heteroatoms. The Bertz CT molecular complexity index is 1340. The van der Waals surface area contributed by atoms with Gasteiger partial charge in [0.05, 0.1) is 24.9 Å². The van der Waals surface area contributed by atoms with E-state index in [0.29, 0.717) is 23.8 Å². The van der Waals surface area contributed by atoms with Gasteiger partial charge in [-0.25, -0.2) is 0 Å². The fourth-order valence-electron chi connectivity index (χ4n) is 3.99. The van der Waals surface area contributed by atoms with Crippen molar-refractivity contribution in [3.8, 4) is 0 Å². The van der Waals surface area contributed by atoms with Crippen molar-refractivity contribution in [2.45, 2.75) is 40.8 Å². The summed E-state index contributed by atoms with van der Waals surface area (Å²) in [6, 6.07) is 16.1. The molecule has 0 saturated carbocycles. The molecule has 0 spiro atoms. The van der Waals surface area contributed by atoms with Gasteiger partial charge in [0.15, 0.2) is 5.11 Å². The van der Waals surface area contributed by atoms with E-state index in [4.69, 9.17) is 16.6 Å². The van der Waals surface area contributed by atoms with Crippen LogP contribution in [0.3, 0.4) is 0 Å². The number of pyridine rings is 1. The molecule has 0 aliphatic heterocycles. The fraction of sp³-hybridized carbons (Fsp3) is 0.231. The summed E-state index contributed by atoms with van der Waals surface area (Å²) in [6.45, 7) is 8.99. The van der Waals surface area contributed by atoms with E-state index in [0.717, 1.165) is 39.0 Å². The lowest BCUT2D eigenvalue weighted by molar-refractivity contribution is 0.359. The van der Waals surface area contributed by atoms with E-state index in [1.165, 1.54) is 5.56 Å². The smallest absolute Gasteiger partial charge is 0.253 e. The monoisotopic (exact) mass is 445 g/mol. The number of anilines is 1. The first-order valence-corrected chi connectivity index (χ1v) is 11.0. The Morgan fingerprint density at radius 3 is 2.50 bits per heavy atom. The second-order valence-corrected chi connectivity index (χ2v) is 8.74. The number of H-pyrrole nitrogens is 1. The molecular formula is C26H27N3O2S. The van der Waals surface area contributed by atoms with Crippen LogP contribution in [-0.4, -0.2) is 15.0 Å². The van der Waals surface area contributed by atoms with Crippen LogP contribution in [0.25, 0.3) is 10.9 Å². The zero-order valence-electron chi connectivity index (χ0n) is 18.8. The molecule has 2 aromatic heterocycles. The topological polar surface area (TPSA) is 61.3 Å². The molecule has 164 valence electrons.